The van der Waals surface area contributed by atoms with Crippen LogP contribution in [0, 0.1) is 0 Å². The van der Waals surface area contributed by atoms with Crippen LogP contribution < -0.4 is 0 Å². The lowest BCUT2D eigenvalue weighted by molar-refractivity contribution is 0.661. The van der Waals surface area contributed by atoms with Gasteiger partial charge in [-0.2, -0.15) is 0 Å². The Labute approximate surface area is 267 Å². The van der Waals surface area contributed by atoms with Crippen molar-refractivity contribution in [2.75, 3.05) is 0 Å². The standard InChI is InChI=1S/C45H30O/c1-45(2)39-25-29(19-21-31(39)38-23-27-11-3-4-12-28(27)24-40(38)45)43-34-14-5-7-16-36(34)44(37-17-8-6-15-35(37)43)30-20-22-33-32-13-9-10-18-41(32)46-42(33)26-30/h3-26H,1-2H3. The monoisotopic (exact) mass is 586 g/mol. The van der Waals surface area contributed by atoms with Crippen molar-refractivity contribution in [2.45, 2.75) is 19.3 Å². The minimum absolute atomic E-state index is 0.0990. The second-order valence-corrected chi connectivity index (χ2v) is 13.3. The van der Waals surface area contributed by atoms with Crippen molar-refractivity contribution in [3.8, 4) is 33.4 Å². The van der Waals surface area contributed by atoms with Crippen LogP contribution >= 0.6 is 0 Å². The van der Waals surface area contributed by atoms with Crippen LogP contribution in [0.5, 0.6) is 0 Å². The van der Waals surface area contributed by atoms with Gasteiger partial charge in [0, 0.05) is 16.2 Å². The third kappa shape index (κ3) is 3.46. The quantitative estimate of drug-likeness (QED) is 0.184. The highest BCUT2D eigenvalue weighted by Crippen LogP contribution is 2.52. The number of fused-ring (bicyclic) bond motifs is 9. The van der Waals surface area contributed by atoms with E-state index < -0.39 is 0 Å². The zero-order valence-electron chi connectivity index (χ0n) is 25.8. The molecule has 216 valence electrons. The van der Waals surface area contributed by atoms with E-state index in [1.54, 1.807) is 0 Å². The van der Waals surface area contributed by atoms with Crippen LogP contribution in [-0.2, 0) is 5.41 Å². The maximum absolute atomic E-state index is 6.35. The fraction of sp³-hybridized carbons (Fsp3) is 0.0667. The molecule has 0 atom stereocenters. The molecule has 0 saturated heterocycles. The Morgan fingerprint density at radius 1 is 0.391 bits per heavy atom. The van der Waals surface area contributed by atoms with Gasteiger partial charge in [-0.25, -0.2) is 0 Å². The summed E-state index contributed by atoms with van der Waals surface area (Å²) in [5.41, 5.74) is 12.2. The van der Waals surface area contributed by atoms with Crippen LogP contribution in [0.4, 0.5) is 0 Å². The first-order chi connectivity index (χ1) is 22.6. The molecule has 1 heteroatoms. The van der Waals surface area contributed by atoms with Gasteiger partial charge in [-0.3, -0.25) is 0 Å². The van der Waals surface area contributed by atoms with E-state index in [0.29, 0.717) is 0 Å². The maximum atomic E-state index is 6.35. The largest absolute Gasteiger partial charge is 0.456 e. The third-order valence-corrected chi connectivity index (χ3v) is 10.4. The number of hydrogen-bond acceptors (Lipinski definition) is 1. The Bertz CT molecular complexity index is 2660. The number of rotatable bonds is 2. The van der Waals surface area contributed by atoms with E-state index in [9.17, 15) is 0 Å². The normalized spacial score (nSPS) is 13.6. The lowest BCUT2D eigenvalue weighted by Crippen LogP contribution is -2.15. The van der Waals surface area contributed by atoms with E-state index in [-0.39, 0.29) is 5.41 Å². The molecule has 1 heterocycles. The molecule has 1 aliphatic carbocycles. The molecular weight excluding hydrogens is 556 g/mol. The molecule has 0 aliphatic heterocycles. The Kier molecular flexibility index (Phi) is 5.12. The summed E-state index contributed by atoms with van der Waals surface area (Å²) in [6, 6.07) is 53.5. The van der Waals surface area contributed by atoms with E-state index in [4.69, 9.17) is 4.42 Å². The van der Waals surface area contributed by atoms with Crippen molar-refractivity contribution in [1.29, 1.82) is 0 Å². The summed E-state index contributed by atoms with van der Waals surface area (Å²) in [6.07, 6.45) is 0. The summed E-state index contributed by atoms with van der Waals surface area (Å²) in [6.45, 7) is 4.76. The molecule has 10 rings (SSSR count). The summed E-state index contributed by atoms with van der Waals surface area (Å²) in [5.74, 6) is 0. The van der Waals surface area contributed by atoms with Crippen LogP contribution in [-0.4, -0.2) is 0 Å². The van der Waals surface area contributed by atoms with Crippen LogP contribution in [0.25, 0.3) is 87.6 Å². The highest BCUT2D eigenvalue weighted by atomic mass is 16.3. The highest BCUT2D eigenvalue weighted by Gasteiger charge is 2.36. The van der Waals surface area contributed by atoms with Crippen molar-refractivity contribution < 1.29 is 4.42 Å². The van der Waals surface area contributed by atoms with E-state index in [1.807, 2.05) is 12.1 Å². The summed E-state index contributed by atoms with van der Waals surface area (Å²) < 4.78 is 6.35. The average molecular weight is 587 g/mol. The molecule has 9 aromatic rings. The van der Waals surface area contributed by atoms with Gasteiger partial charge < -0.3 is 4.42 Å². The molecule has 0 spiro atoms. The molecular formula is C45H30O. The second kappa shape index (κ2) is 9.19. The van der Waals surface area contributed by atoms with Crippen molar-refractivity contribution in [1.82, 2.24) is 0 Å². The molecule has 0 amide bonds. The summed E-state index contributed by atoms with van der Waals surface area (Å²) in [4.78, 5) is 0. The maximum Gasteiger partial charge on any atom is 0.136 e. The number of hydrogen-bond donors (Lipinski definition) is 0. The molecule has 0 radical (unpaired) electrons. The van der Waals surface area contributed by atoms with Crippen LogP contribution in [0.1, 0.15) is 25.0 Å². The van der Waals surface area contributed by atoms with Crippen molar-refractivity contribution >= 4 is 54.3 Å². The second-order valence-electron chi connectivity index (χ2n) is 13.3. The molecule has 0 fully saturated rings. The Balaban J connectivity index is 1.22. The van der Waals surface area contributed by atoms with E-state index in [1.165, 1.54) is 76.8 Å². The minimum Gasteiger partial charge on any atom is -0.456 e. The first-order valence-corrected chi connectivity index (χ1v) is 16.1. The van der Waals surface area contributed by atoms with Gasteiger partial charge >= 0.3 is 0 Å². The first-order valence-electron chi connectivity index (χ1n) is 16.1. The van der Waals surface area contributed by atoms with Crippen molar-refractivity contribution in [3.63, 3.8) is 0 Å². The number of para-hydroxylation sites is 1. The van der Waals surface area contributed by atoms with Gasteiger partial charge in [-0.1, -0.05) is 123 Å². The molecule has 46 heavy (non-hydrogen) atoms. The first kappa shape index (κ1) is 25.6. The fourth-order valence-electron chi connectivity index (χ4n) is 8.21. The van der Waals surface area contributed by atoms with Crippen LogP contribution in [0.2, 0.25) is 0 Å². The number of benzene rings is 8. The lowest BCUT2D eigenvalue weighted by atomic mass is 9.80. The van der Waals surface area contributed by atoms with Gasteiger partial charge in [0.2, 0.25) is 0 Å². The number of furan rings is 1. The topological polar surface area (TPSA) is 13.1 Å². The van der Waals surface area contributed by atoms with Crippen molar-refractivity contribution in [2.24, 2.45) is 0 Å². The van der Waals surface area contributed by atoms with Crippen molar-refractivity contribution in [3.05, 3.63) is 157 Å². The average Bonchev–Trinajstić information content (AvgIpc) is 3.57. The molecule has 0 bridgehead atoms. The molecule has 1 aromatic heterocycles. The summed E-state index contributed by atoms with van der Waals surface area (Å²) >= 11 is 0. The van der Waals surface area contributed by atoms with E-state index in [0.717, 1.165) is 21.9 Å². The van der Waals surface area contributed by atoms with Gasteiger partial charge in [0.25, 0.3) is 0 Å². The van der Waals surface area contributed by atoms with Gasteiger partial charge in [0.05, 0.1) is 0 Å². The lowest BCUT2D eigenvalue weighted by Gasteiger charge is -2.23. The smallest absolute Gasteiger partial charge is 0.136 e. The predicted octanol–water partition coefficient (Wildman–Crippen LogP) is 12.7. The minimum atomic E-state index is -0.0990. The SMILES string of the molecule is CC1(C)c2cc(-c3c4ccccc4c(-c4ccc5c(c4)oc4ccccc45)c4ccccc34)ccc2-c2cc3ccccc3cc21. The molecule has 8 aromatic carbocycles. The Morgan fingerprint density at radius 3 is 1.57 bits per heavy atom. The highest BCUT2D eigenvalue weighted by molar-refractivity contribution is 6.22. The predicted molar refractivity (Wildman–Crippen MR) is 195 cm³/mol. The molecule has 0 N–H and O–H groups in total. The zero-order valence-corrected chi connectivity index (χ0v) is 25.8. The Hall–Kier alpha value is -5.66. The fourth-order valence-corrected chi connectivity index (χ4v) is 8.21. The molecule has 0 unspecified atom stereocenters. The summed E-state index contributed by atoms with van der Waals surface area (Å²) in [7, 11) is 0. The molecule has 0 saturated carbocycles. The summed E-state index contributed by atoms with van der Waals surface area (Å²) in [5, 5.41) is 9.93. The molecule has 1 nitrogen and oxygen atoms in total. The molecule has 1 aliphatic rings. The zero-order chi connectivity index (χ0) is 30.6. The van der Waals surface area contributed by atoms with Gasteiger partial charge in [0.1, 0.15) is 11.2 Å². The third-order valence-electron chi connectivity index (χ3n) is 10.4. The van der Waals surface area contributed by atoms with Gasteiger partial charge in [-0.15, -0.1) is 0 Å². The van der Waals surface area contributed by atoms with Crippen LogP contribution in [0.3, 0.4) is 0 Å². The van der Waals surface area contributed by atoms with Crippen LogP contribution in [0.15, 0.2) is 150 Å². The van der Waals surface area contributed by atoms with E-state index in [2.05, 4.69) is 147 Å². The van der Waals surface area contributed by atoms with Gasteiger partial charge in [-0.05, 0) is 113 Å². The Morgan fingerprint density at radius 2 is 0.891 bits per heavy atom. The van der Waals surface area contributed by atoms with Gasteiger partial charge in [0.15, 0.2) is 0 Å². The van der Waals surface area contributed by atoms with E-state index >= 15 is 0 Å².